The van der Waals surface area contributed by atoms with Gasteiger partial charge in [0.15, 0.2) is 0 Å². The summed E-state index contributed by atoms with van der Waals surface area (Å²) < 4.78 is 27.7. The molecule has 0 spiro atoms. The Morgan fingerprint density at radius 3 is 2.64 bits per heavy atom. The molecule has 2 heterocycles. The molecule has 0 aliphatic heterocycles. The molecule has 0 atom stereocenters. The lowest BCUT2D eigenvalue weighted by atomic mass is 10.1. The molecule has 8 heteroatoms. The largest absolute Gasteiger partial charge is 0.264 e. The van der Waals surface area contributed by atoms with Crippen LogP contribution in [0.1, 0.15) is 11.1 Å². The maximum absolute atomic E-state index is 12.5. The first-order chi connectivity index (χ1) is 11.9. The molecule has 130 valence electrons. The maximum Gasteiger partial charge on any atom is 0.242 e. The first-order valence-electron chi connectivity index (χ1n) is 7.28. The SMILES string of the molecule is Cc1cc(S(=O)(=O)NCc2cncc(-c3ccsc3)c2)c(Cl)cc1Cl. The second kappa shape index (κ2) is 7.43. The van der Waals surface area contributed by atoms with E-state index in [0.29, 0.717) is 10.6 Å². The van der Waals surface area contributed by atoms with E-state index in [2.05, 4.69) is 9.71 Å². The minimum absolute atomic E-state index is 0.0121. The fraction of sp³-hybridized carbons (Fsp3) is 0.118. The molecule has 0 saturated carbocycles. The average molecular weight is 413 g/mol. The topological polar surface area (TPSA) is 59.1 Å². The molecule has 0 bridgehead atoms. The standard InChI is InChI=1S/C17H14Cl2N2O2S2/c1-11-4-17(16(19)6-15(11)18)25(22,23)21-8-12-5-14(9-20-7-12)13-2-3-24-10-13/h2-7,9-10,21H,8H2,1H3. The summed E-state index contributed by atoms with van der Waals surface area (Å²) in [7, 11) is -3.76. The van der Waals surface area contributed by atoms with Gasteiger partial charge in [-0.25, -0.2) is 13.1 Å². The molecule has 1 aromatic carbocycles. The number of halogens is 2. The normalized spacial score (nSPS) is 11.6. The van der Waals surface area contributed by atoms with Crippen LogP contribution >= 0.6 is 34.5 Å². The smallest absolute Gasteiger partial charge is 0.242 e. The summed E-state index contributed by atoms with van der Waals surface area (Å²) in [5.74, 6) is 0. The molecular weight excluding hydrogens is 399 g/mol. The molecule has 0 unspecified atom stereocenters. The van der Waals surface area contributed by atoms with Crippen LogP contribution in [0.3, 0.4) is 0 Å². The zero-order valence-corrected chi connectivity index (χ0v) is 16.3. The van der Waals surface area contributed by atoms with Gasteiger partial charge < -0.3 is 0 Å². The Hall–Kier alpha value is -1.44. The number of sulfonamides is 1. The molecule has 0 radical (unpaired) electrons. The first kappa shape index (κ1) is 18.4. The van der Waals surface area contributed by atoms with Crippen molar-refractivity contribution in [2.45, 2.75) is 18.4 Å². The minimum Gasteiger partial charge on any atom is -0.264 e. The zero-order chi connectivity index (χ0) is 18.0. The molecule has 25 heavy (non-hydrogen) atoms. The highest BCUT2D eigenvalue weighted by Crippen LogP contribution is 2.28. The molecule has 0 amide bonds. The van der Waals surface area contributed by atoms with Gasteiger partial charge in [0.1, 0.15) is 4.90 Å². The van der Waals surface area contributed by atoms with Crippen molar-refractivity contribution in [3.8, 4) is 11.1 Å². The van der Waals surface area contributed by atoms with Crippen molar-refractivity contribution in [3.63, 3.8) is 0 Å². The minimum atomic E-state index is -3.76. The third kappa shape index (κ3) is 4.22. The molecular formula is C17H14Cl2N2O2S2. The Balaban J connectivity index is 1.81. The highest BCUT2D eigenvalue weighted by Gasteiger charge is 2.19. The molecule has 3 rings (SSSR count). The third-order valence-electron chi connectivity index (χ3n) is 3.62. The van der Waals surface area contributed by atoms with Crippen molar-refractivity contribution in [1.29, 1.82) is 0 Å². The van der Waals surface area contributed by atoms with Crippen LogP contribution in [-0.2, 0) is 16.6 Å². The van der Waals surface area contributed by atoms with Gasteiger partial charge in [-0.05, 0) is 58.6 Å². The zero-order valence-electron chi connectivity index (χ0n) is 13.2. The van der Waals surface area contributed by atoms with E-state index in [1.807, 2.05) is 22.9 Å². The number of aryl methyl sites for hydroxylation is 1. The van der Waals surface area contributed by atoms with Gasteiger partial charge in [0.25, 0.3) is 0 Å². The highest BCUT2D eigenvalue weighted by molar-refractivity contribution is 7.89. The van der Waals surface area contributed by atoms with Crippen molar-refractivity contribution in [1.82, 2.24) is 9.71 Å². The number of hydrogen-bond acceptors (Lipinski definition) is 4. The second-order valence-corrected chi connectivity index (χ2v) is 8.78. The van der Waals surface area contributed by atoms with E-state index in [9.17, 15) is 8.42 Å². The maximum atomic E-state index is 12.5. The summed E-state index contributed by atoms with van der Waals surface area (Å²) in [6, 6.07) is 6.80. The number of nitrogens with one attached hydrogen (secondary N) is 1. The predicted molar refractivity (Wildman–Crippen MR) is 103 cm³/mol. The van der Waals surface area contributed by atoms with Gasteiger partial charge in [-0.3, -0.25) is 4.98 Å². The van der Waals surface area contributed by atoms with Crippen molar-refractivity contribution >= 4 is 44.6 Å². The van der Waals surface area contributed by atoms with E-state index in [1.54, 1.807) is 30.7 Å². The molecule has 0 fully saturated rings. The lowest BCUT2D eigenvalue weighted by Gasteiger charge is -2.10. The summed E-state index contributed by atoms with van der Waals surface area (Å²) in [6.45, 7) is 1.84. The Morgan fingerprint density at radius 1 is 1.12 bits per heavy atom. The van der Waals surface area contributed by atoms with E-state index in [4.69, 9.17) is 23.2 Å². The molecule has 0 aliphatic rings. The molecule has 4 nitrogen and oxygen atoms in total. The van der Waals surface area contributed by atoms with E-state index < -0.39 is 10.0 Å². The average Bonchev–Trinajstić information content (AvgIpc) is 3.11. The first-order valence-corrected chi connectivity index (χ1v) is 10.5. The number of thiophene rings is 1. The Kier molecular flexibility index (Phi) is 5.46. The number of hydrogen-bond donors (Lipinski definition) is 1. The van der Waals surface area contributed by atoms with Gasteiger partial charge in [-0.15, -0.1) is 0 Å². The summed E-state index contributed by atoms with van der Waals surface area (Å²) >= 11 is 13.6. The van der Waals surface area contributed by atoms with Crippen LogP contribution in [-0.4, -0.2) is 13.4 Å². The third-order valence-corrected chi connectivity index (χ3v) is 6.57. The van der Waals surface area contributed by atoms with Gasteiger partial charge in [0, 0.05) is 29.5 Å². The van der Waals surface area contributed by atoms with Crippen molar-refractivity contribution in [2.75, 3.05) is 0 Å². The monoisotopic (exact) mass is 412 g/mol. The van der Waals surface area contributed by atoms with Crippen LogP contribution in [0.25, 0.3) is 11.1 Å². The van der Waals surface area contributed by atoms with Gasteiger partial charge in [0.05, 0.1) is 5.02 Å². The van der Waals surface area contributed by atoms with Crippen LogP contribution in [0.5, 0.6) is 0 Å². The van der Waals surface area contributed by atoms with Crippen molar-refractivity contribution < 1.29 is 8.42 Å². The van der Waals surface area contributed by atoms with Crippen molar-refractivity contribution in [2.24, 2.45) is 0 Å². The fourth-order valence-corrected chi connectivity index (χ4v) is 4.78. The van der Waals surface area contributed by atoms with Gasteiger partial charge in [0.2, 0.25) is 10.0 Å². The molecule has 1 N–H and O–H groups in total. The summed E-state index contributed by atoms with van der Waals surface area (Å²) in [6.07, 6.45) is 3.38. The van der Waals surface area contributed by atoms with E-state index in [0.717, 1.165) is 16.7 Å². The van der Waals surface area contributed by atoms with E-state index in [1.165, 1.54) is 12.1 Å². The molecule has 0 saturated heterocycles. The second-order valence-electron chi connectivity index (χ2n) is 5.45. The fourth-order valence-electron chi connectivity index (χ4n) is 2.26. The van der Waals surface area contributed by atoms with Gasteiger partial charge in [-0.2, -0.15) is 11.3 Å². The number of pyridine rings is 1. The number of rotatable bonds is 5. The quantitative estimate of drug-likeness (QED) is 0.647. The van der Waals surface area contributed by atoms with Gasteiger partial charge in [-0.1, -0.05) is 23.2 Å². The van der Waals surface area contributed by atoms with Crippen molar-refractivity contribution in [3.05, 3.63) is 68.6 Å². The number of aromatic nitrogens is 1. The Labute approximate surface area is 160 Å². The van der Waals surface area contributed by atoms with E-state index in [-0.39, 0.29) is 16.5 Å². The number of benzene rings is 1. The van der Waals surface area contributed by atoms with Crippen LogP contribution in [0.15, 0.2) is 52.3 Å². The summed E-state index contributed by atoms with van der Waals surface area (Å²) in [4.78, 5) is 4.20. The lowest BCUT2D eigenvalue weighted by Crippen LogP contribution is -2.23. The van der Waals surface area contributed by atoms with Gasteiger partial charge >= 0.3 is 0 Å². The van der Waals surface area contributed by atoms with Crippen LogP contribution in [0.4, 0.5) is 0 Å². The van der Waals surface area contributed by atoms with Crippen LogP contribution < -0.4 is 4.72 Å². The lowest BCUT2D eigenvalue weighted by molar-refractivity contribution is 0.581. The molecule has 3 aromatic rings. The Morgan fingerprint density at radius 2 is 1.92 bits per heavy atom. The molecule has 0 aliphatic carbocycles. The predicted octanol–water partition coefficient (Wildman–Crippen LogP) is 4.90. The Bertz CT molecular complexity index is 1000. The number of nitrogens with zero attached hydrogens (tertiary/aromatic N) is 1. The highest BCUT2D eigenvalue weighted by atomic mass is 35.5. The molecule has 2 aromatic heterocycles. The van der Waals surface area contributed by atoms with E-state index >= 15 is 0 Å². The summed E-state index contributed by atoms with van der Waals surface area (Å²) in [5.41, 5.74) is 3.40. The summed E-state index contributed by atoms with van der Waals surface area (Å²) in [5, 5.41) is 4.52. The van der Waals surface area contributed by atoms with Crippen LogP contribution in [0, 0.1) is 6.92 Å². The van der Waals surface area contributed by atoms with Crippen LogP contribution in [0.2, 0.25) is 10.0 Å².